The van der Waals surface area contributed by atoms with Gasteiger partial charge in [-0.25, -0.2) is 0 Å². The van der Waals surface area contributed by atoms with Gasteiger partial charge in [0.05, 0.1) is 17.3 Å². The first-order valence-electron chi connectivity index (χ1n) is 4.58. The summed E-state index contributed by atoms with van der Waals surface area (Å²) in [6, 6.07) is 0. The van der Waals surface area contributed by atoms with Gasteiger partial charge >= 0.3 is 0 Å². The topological polar surface area (TPSA) is 56.1 Å². The van der Waals surface area contributed by atoms with Crippen LogP contribution in [0.15, 0.2) is 6.20 Å². The van der Waals surface area contributed by atoms with E-state index >= 15 is 0 Å². The summed E-state index contributed by atoms with van der Waals surface area (Å²) in [7, 11) is 1.59. The lowest BCUT2D eigenvalue weighted by Crippen LogP contribution is -2.30. The highest BCUT2D eigenvalue weighted by Crippen LogP contribution is 2.11. The van der Waals surface area contributed by atoms with Crippen LogP contribution < -0.4 is 5.32 Å². The van der Waals surface area contributed by atoms with Crippen LogP contribution in [-0.2, 0) is 16.1 Å². The highest BCUT2D eigenvalue weighted by Gasteiger charge is 2.05. The number of nitrogens with one attached hydrogen (secondary N) is 1. The number of nitrogens with zero attached hydrogens (tertiary/aromatic N) is 2. The van der Waals surface area contributed by atoms with Gasteiger partial charge in [-0.1, -0.05) is 11.6 Å². The Bertz CT molecular complexity index is 319. The molecule has 0 saturated carbocycles. The molecule has 1 N–H and O–H groups in total. The van der Waals surface area contributed by atoms with Gasteiger partial charge < -0.3 is 10.1 Å². The molecule has 0 spiro atoms. The van der Waals surface area contributed by atoms with Crippen LogP contribution >= 0.6 is 11.6 Å². The second kappa shape index (κ2) is 5.72. The van der Waals surface area contributed by atoms with Gasteiger partial charge in [-0.15, -0.1) is 0 Å². The smallest absolute Gasteiger partial charge is 0.241 e. The minimum atomic E-state index is -0.105. The Labute approximate surface area is 93.4 Å². The number of carbonyl (C=O) groups is 1. The average molecular weight is 232 g/mol. The van der Waals surface area contributed by atoms with Crippen LogP contribution in [0.25, 0.3) is 0 Å². The second-order valence-electron chi connectivity index (χ2n) is 3.10. The largest absolute Gasteiger partial charge is 0.383 e. The van der Waals surface area contributed by atoms with Gasteiger partial charge in [0.25, 0.3) is 0 Å². The molecule has 0 aliphatic carbocycles. The molecule has 0 saturated heterocycles. The molecule has 1 heterocycles. The second-order valence-corrected chi connectivity index (χ2v) is 3.51. The van der Waals surface area contributed by atoms with Crippen molar-refractivity contribution in [3.8, 4) is 0 Å². The van der Waals surface area contributed by atoms with E-state index in [9.17, 15) is 4.79 Å². The summed E-state index contributed by atoms with van der Waals surface area (Å²) in [5.41, 5.74) is 0.723. The van der Waals surface area contributed by atoms with Gasteiger partial charge in [-0.05, 0) is 6.92 Å². The number of aromatic nitrogens is 2. The van der Waals surface area contributed by atoms with Gasteiger partial charge in [0, 0.05) is 19.9 Å². The fraction of sp³-hybridized carbons (Fsp3) is 0.556. The van der Waals surface area contributed by atoms with E-state index in [0.29, 0.717) is 18.2 Å². The lowest BCUT2D eigenvalue weighted by molar-refractivity contribution is -0.122. The van der Waals surface area contributed by atoms with Crippen LogP contribution in [0.2, 0.25) is 5.02 Å². The van der Waals surface area contributed by atoms with E-state index in [2.05, 4.69) is 10.4 Å². The lowest BCUT2D eigenvalue weighted by Gasteiger charge is -2.03. The van der Waals surface area contributed by atoms with E-state index in [1.807, 2.05) is 0 Å². The normalized spacial score (nSPS) is 10.3. The summed E-state index contributed by atoms with van der Waals surface area (Å²) < 4.78 is 6.32. The van der Waals surface area contributed by atoms with Crippen molar-refractivity contribution in [3.05, 3.63) is 16.9 Å². The number of hydrogen-bond acceptors (Lipinski definition) is 3. The highest BCUT2D eigenvalue weighted by atomic mass is 35.5. The summed E-state index contributed by atoms with van der Waals surface area (Å²) >= 11 is 5.80. The van der Waals surface area contributed by atoms with E-state index in [1.54, 1.807) is 20.2 Å². The molecule has 1 amide bonds. The van der Waals surface area contributed by atoms with Crippen molar-refractivity contribution in [1.82, 2.24) is 15.1 Å². The standard InChI is InChI=1S/C9H14ClN3O2/c1-7-8(10)5-13(12-7)6-9(14)11-3-4-15-2/h5H,3-4,6H2,1-2H3,(H,11,14). The number of aryl methyl sites for hydroxylation is 1. The van der Waals surface area contributed by atoms with E-state index < -0.39 is 0 Å². The third-order valence-electron chi connectivity index (χ3n) is 1.82. The number of amides is 1. The molecule has 1 aromatic rings. The Hall–Kier alpha value is -1.07. The molecule has 1 rings (SSSR count). The summed E-state index contributed by atoms with van der Waals surface area (Å²) in [4.78, 5) is 11.3. The van der Waals surface area contributed by atoms with Crippen molar-refractivity contribution in [2.24, 2.45) is 0 Å². The number of ether oxygens (including phenoxy) is 1. The van der Waals surface area contributed by atoms with Gasteiger partial charge in [0.2, 0.25) is 5.91 Å². The first-order valence-corrected chi connectivity index (χ1v) is 4.96. The zero-order chi connectivity index (χ0) is 11.3. The highest BCUT2D eigenvalue weighted by molar-refractivity contribution is 6.31. The minimum absolute atomic E-state index is 0.105. The maximum atomic E-state index is 11.3. The third kappa shape index (κ3) is 3.89. The summed E-state index contributed by atoms with van der Waals surface area (Å²) in [5.74, 6) is -0.105. The minimum Gasteiger partial charge on any atom is -0.383 e. The molecule has 0 atom stereocenters. The Balaban J connectivity index is 2.37. The molecule has 15 heavy (non-hydrogen) atoms. The molecule has 0 fully saturated rings. The fourth-order valence-corrected chi connectivity index (χ4v) is 1.22. The molecule has 0 aliphatic heterocycles. The Morgan fingerprint density at radius 2 is 2.47 bits per heavy atom. The van der Waals surface area contributed by atoms with Crippen LogP contribution in [0.1, 0.15) is 5.69 Å². The zero-order valence-electron chi connectivity index (χ0n) is 8.79. The SMILES string of the molecule is COCCNC(=O)Cn1cc(Cl)c(C)n1. The molecule has 1 aromatic heterocycles. The van der Waals surface area contributed by atoms with Crippen molar-refractivity contribution in [3.63, 3.8) is 0 Å². The van der Waals surface area contributed by atoms with Gasteiger partial charge in [0.15, 0.2) is 0 Å². The molecule has 0 radical (unpaired) electrons. The van der Waals surface area contributed by atoms with Crippen molar-refractivity contribution in [2.75, 3.05) is 20.3 Å². The molecular formula is C9H14ClN3O2. The van der Waals surface area contributed by atoms with Crippen LogP contribution in [0.3, 0.4) is 0 Å². The number of carbonyl (C=O) groups excluding carboxylic acids is 1. The molecule has 0 aliphatic rings. The first-order chi connectivity index (χ1) is 7.13. The summed E-state index contributed by atoms with van der Waals surface area (Å²) in [6.07, 6.45) is 1.63. The maximum absolute atomic E-state index is 11.3. The predicted octanol–water partition coefficient (Wildman–Crippen LogP) is 0.608. The van der Waals surface area contributed by atoms with Crippen molar-refractivity contribution in [1.29, 1.82) is 0 Å². The van der Waals surface area contributed by atoms with Gasteiger partial charge in [-0.3, -0.25) is 9.48 Å². The van der Waals surface area contributed by atoms with Crippen LogP contribution in [0, 0.1) is 6.92 Å². The number of halogens is 1. The number of methoxy groups -OCH3 is 1. The first kappa shape index (κ1) is 12.0. The van der Waals surface area contributed by atoms with Crippen molar-refractivity contribution in [2.45, 2.75) is 13.5 Å². The van der Waals surface area contributed by atoms with E-state index in [1.165, 1.54) is 4.68 Å². The molecule has 0 aromatic carbocycles. The molecule has 5 nitrogen and oxygen atoms in total. The van der Waals surface area contributed by atoms with Crippen molar-refractivity contribution < 1.29 is 9.53 Å². The molecule has 84 valence electrons. The monoisotopic (exact) mass is 231 g/mol. The Kier molecular flexibility index (Phi) is 4.58. The summed E-state index contributed by atoms with van der Waals surface area (Å²) in [5, 5.41) is 7.33. The van der Waals surface area contributed by atoms with Crippen LogP contribution in [-0.4, -0.2) is 35.9 Å². The molecule has 0 bridgehead atoms. The van der Waals surface area contributed by atoms with Crippen molar-refractivity contribution >= 4 is 17.5 Å². The quantitative estimate of drug-likeness (QED) is 0.756. The maximum Gasteiger partial charge on any atom is 0.241 e. The number of rotatable bonds is 5. The van der Waals surface area contributed by atoms with Crippen LogP contribution in [0.4, 0.5) is 0 Å². The molecule has 0 unspecified atom stereocenters. The predicted molar refractivity (Wildman–Crippen MR) is 56.9 cm³/mol. The molecular weight excluding hydrogens is 218 g/mol. The van der Waals surface area contributed by atoms with E-state index in [0.717, 1.165) is 5.69 Å². The Morgan fingerprint density at radius 3 is 3.00 bits per heavy atom. The fourth-order valence-electron chi connectivity index (χ4n) is 1.07. The zero-order valence-corrected chi connectivity index (χ0v) is 9.54. The third-order valence-corrected chi connectivity index (χ3v) is 2.19. The number of hydrogen-bond donors (Lipinski definition) is 1. The lowest BCUT2D eigenvalue weighted by atomic mass is 10.5. The molecule has 6 heteroatoms. The Morgan fingerprint density at radius 1 is 1.73 bits per heavy atom. The van der Waals surface area contributed by atoms with E-state index in [-0.39, 0.29) is 12.5 Å². The average Bonchev–Trinajstić information content (AvgIpc) is 2.46. The van der Waals surface area contributed by atoms with Gasteiger partial charge in [0.1, 0.15) is 6.54 Å². The summed E-state index contributed by atoms with van der Waals surface area (Å²) in [6.45, 7) is 2.98. The van der Waals surface area contributed by atoms with Gasteiger partial charge in [-0.2, -0.15) is 5.10 Å². The van der Waals surface area contributed by atoms with E-state index in [4.69, 9.17) is 16.3 Å². The van der Waals surface area contributed by atoms with Crippen LogP contribution in [0.5, 0.6) is 0 Å².